The van der Waals surface area contributed by atoms with E-state index in [-0.39, 0.29) is 27.6 Å². The molecule has 13 heteroatoms. The van der Waals surface area contributed by atoms with Crippen molar-refractivity contribution in [3.8, 4) is 17.6 Å². The number of carbonyl (C=O) groups excluding carboxylic acids is 1. The maximum absolute atomic E-state index is 13.8. The number of nitriles is 1. The Bertz CT molecular complexity index is 1460. The van der Waals surface area contributed by atoms with Crippen molar-refractivity contribution in [2.75, 3.05) is 0 Å². The van der Waals surface area contributed by atoms with Gasteiger partial charge < -0.3 is 10.1 Å². The molecule has 0 radical (unpaired) electrons. The molecule has 4 aromatic rings. The summed E-state index contributed by atoms with van der Waals surface area (Å²) in [4.78, 5) is 25.5. The summed E-state index contributed by atoms with van der Waals surface area (Å²) in [5.74, 6) is -1.55. The van der Waals surface area contributed by atoms with Crippen LogP contribution in [0, 0.1) is 17.1 Å². The summed E-state index contributed by atoms with van der Waals surface area (Å²) in [5, 5.41) is 11.5. The average Bonchev–Trinajstić information content (AvgIpc) is 3.16. The van der Waals surface area contributed by atoms with Gasteiger partial charge in [0.1, 0.15) is 34.8 Å². The molecule has 1 unspecified atom stereocenters. The third-order valence-electron chi connectivity index (χ3n) is 4.70. The maximum atomic E-state index is 13.8. The van der Waals surface area contributed by atoms with Crippen LogP contribution >= 0.6 is 11.6 Å². The van der Waals surface area contributed by atoms with Gasteiger partial charge in [-0.25, -0.2) is 19.3 Å². The van der Waals surface area contributed by atoms with Gasteiger partial charge in [-0.1, -0.05) is 11.6 Å². The molecule has 1 amide bonds. The Morgan fingerprint density at radius 1 is 1.20 bits per heavy atom. The quantitative estimate of drug-likeness (QED) is 0.389. The zero-order valence-electron chi connectivity index (χ0n) is 17.6. The molecule has 1 aromatic carbocycles. The van der Waals surface area contributed by atoms with Crippen molar-refractivity contribution < 1.29 is 27.1 Å². The Morgan fingerprint density at radius 2 is 1.97 bits per heavy atom. The number of rotatable bonds is 5. The number of amides is 1. The fraction of sp³-hybridized carbons (Fsp3) is 0.136. The monoisotopic (exact) mass is 504 g/mol. The van der Waals surface area contributed by atoms with Crippen molar-refractivity contribution in [2.45, 2.75) is 19.3 Å². The average molecular weight is 505 g/mol. The van der Waals surface area contributed by atoms with Crippen LogP contribution in [-0.2, 0) is 0 Å². The van der Waals surface area contributed by atoms with Crippen LogP contribution < -0.4 is 10.1 Å². The lowest BCUT2D eigenvalue weighted by molar-refractivity contribution is -0.274. The van der Waals surface area contributed by atoms with Gasteiger partial charge >= 0.3 is 6.36 Å². The number of hydrogen-bond donors (Lipinski definition) is 1. The number of nitrogens with zero attached hydrogens (tertiary/aromatic N) is 5. The molecule has 4 rings (SSSR count). The molecular weight excluding hydrogens is 492 g/mol. The number of benzene rings is 1. The smallest absolute Gasteiger partial charge is 0.406 e. The van der Waals surface area contributed by atoms with Crippen LogP contribution in [0.5, 0.6) is 5.75 Å². The van der Waals surface area contributed by atoms with Crippen LogP contribution in [-0.4, -0.2) is 31.8 Å². The number of ether oxygens (including phenoxy) is 1. The fourth-order valence-corrected chi connectivity index (χ4v) is 3.51. The van der Waals surface area contributed by atoms with E-state index in [4.69, 9.17) is 16.9 Å². The Morgan fingerprint density at radius 3 is 2.63 bits per heavy atom. The van der Waals surface area contributed by atoms with Crippen molar-refractivity contribution in [2.24, 2.45) is 0 Å². The van der Waals surface area contributed by atoms with E-state index in [1.807, 2.05) is 6.07 Å². The van der Waals surface area contributed by atoms with Gasteiger partial charge in [0, 0.05) is 22.8 Å². The predicted octanol–water partition coefficient (Wildman–Crippen LogP) is 4.87. The third-order valence-corrected chi connectivity index (χ3v) is 4.92. The number of imidazole rings is 1. The minimum atomic E-state index is -4.97. The highest BCUT2D eigenvalue weighted by atomic mass is 35.5. The van der Waals surface area contributed by atoms with E-state index >= 15 is 0 Å². The molecule has 0 saturated heterocycles. The first-order valence-electron chi connectivity index (χ1n) is 9.81. The molecular formula is C22H13ClF4N6O2. The standard InChI is InChI=1S/C22H13ClF4N6O2/c1-11(31-21(34)13-4-14(23)6-16(5-13)35-22(25,26)27)19-32-17-7-15(24)10-30-20(17)33(19)18-3-2-12(8-28)9-29-18/h2-7,9-11H,1H3,(H,31,34). The lowest BCUT2D eigenvalue weighted by Gasteiger charge is -2.16. The minimum absolute atomic E-state index is 0.141. The van der Waals surface area contributed by atoms with E-state index in [0.717, 1.165) is 24.4 Å². The van der Waals surface area contributed by atoms with E-state index in [9.17, 15) is 22.4 Å². The molecule has 0 bridgehead atoms. The number of hydrogen-bond acceptors (Lipinski definition) is 6. The van der Waals surface area contributed by atoms with Crippen LogP contribution in [0.4, 0.5) is 17.6 Å². The predicted molar refractivity (Wildman–Crippen MR) is 115 cm³/mol. The van der Waals surface area contributed by atoms with E-state index < -0.39 is 29.9 Å². The van der Waals surface area contributed by atoms with Gasteiger partial charge in [-0.15, -0.1) is 13.2 Å². The molecule has 0 spiro atoms. The number of halogens is 5. The second-order valence-electron chi connectivity index (χ2n) is 7.24. The molecule has 178 valence electrons. The Kier molecular flexibility index (Phi) is 6.27. The SMILES string of the molecule is CC(NC(=O)c1cc(Cl)cc(OC(F)(F)F)c1)c1nc2cc(F)cnc2n1-c1ccc(C#N)cn1. The van der Waals surface area contributed by atoms with E-state index in [2.05, 4.69) is 25.0 Å². The first-order chi connectivity index (χ1) is 16.5. The van der Waals surface area contributed by atoms with E-state index in [1.54, 1.807) is 6.92 Å². The topological polar surface area (TPSA) is 106 Å². The van der Waals surface area contributed by atoms with Crippen molar-refractivity contribution >= 4 is 28.7 Å². The molecule has 35 heavy (non-hydrogen) atoms. The second kappa shape index (κ2) is 9.19. The lowest BCUT2D eigenvalue weighted by Crippen LogP contribution is -2.29. The van der Waals surface area contributed by atoms with Crippen LogP contribution in [0.3, 0.4) is 0 Å². The number of nitrogens with one attached hydrogen (secondary N) is 1. The number of alkyl halides is 3. The van der Waals surface area contributed by atoms with Gasteiger partial charge in [-0.3, -0.25) is 9.36 Å². The van der Waals surface area contributed by atoms with Gasteiger partial charge in [-0.05, 0) is 37.3 Å². The first-order valence-corrected chi connectivity index (χ1v) is 10.2. The van der Waals surface area contributed by atoms with Crippen LogP contribution in [0.2, 0.25) is 5.02 Å². The highest BCUT2D eigenvalue weighted by molar-refractivity contribution is 6.31. The van der Waals surface area contributed by atoms with E-state index in [0.29, 0.717) is 11.4 Å². The molecule has 0 aliphatic carbocycles. The number of pyridine rings is 2. The van der Waals surface area contributed by atoms with Gasteiger partial charge in [0.25, 0.3) is 5.91 Å². The van der Waals surface area contributed by atoms with Crippen LogP contribution in [0.25, 0.3) is 17.0 Å². The summed E-state index contributed by atoms with van der Waals surface area (Å²) >= 11 is 5.86. The summed E-state index contributed by atoms with van der Waals surface area (Å²) < 4.78 is 56.9. The normalized spacial score (nSPS) is 12.3. The van der Waals surface area contributed by atoms with E-state index in [1.165, 1.54) is 29.0 Å². The summed E-state index contributed by atoms with van der Waals surface area (Å²) in [6, 6.07) is 8.29. The molecule has 0 aliphatic rings. The Balaban J connectivity index is 1.70. The highest BCUT2D eigenvalue weighted by Gasteiger charge is 2.31. The van der Waals surface area contributed by atoms with Gasteiger partial charge in [0.2, 0.25) is 0 Å². The highest BCUT2D eigenvalue weighted by Crippen LogP contribution is 2.28. The minimum Gasteiger partial charge on any atom is -0.406 e. The van der Waals surface area contributed by atoms with Crippen LogP contribution in [0.1, 0.15) is 34.7 Å². The molecule has 0 fully saturated rings. The number of carbonyl (C=O) groups is 1. The lowest BCUT2D eigenvalue weighted by atomic mass is 10.2. The van der Waals surface area contributed by atoms with Crippen molar-refractivity contribution in [1.82, 2.24) is 24.8 Å². The molecule has 8 nitrogen and oxygen atoms in total. The summed E-state index contributed by atoms with van der Waals surface area (Å²) in [6.45, 7) is 1.56. The molecule has 3 heterocycles. The molecule has 0 aliphatic heterocycles. The van der Waals surface area contributed by atoms with Gasteiger partial charge in [-0.2, -0.15) is 5.26 Å². The summed E-state index contributed by atoms with van der Waals surface area (Å²) in [7, 11) is 0. The summed E-state index contributed by atoms with van der Waals surface area (Å²) in [5.41, 5.74) is 0.532. The molecule has 3 aromatic heterocycles. The van der Waals surface area contributed by atoms with Crippen molar-refractivity contribution in [3.05, 3.63) is 76.6 Å². The van der Waals surface area contributed by atoms with Crippen molar-refractivity contribution in [3.63, 3.8) is 0 Å². The fourth-order valence-electron chi connectivity index (χ4n) is 3.29. The zero-order chi connectivity index (χ0) is 25.3. The van der Waals surface area contributed by atoms with Crippen molar-refractivity contribution in [1.29, 1.82) is 5.26 Å². The molecule has 1 N–H and O–H groups in total. The van der Waals surface area contributed by atoms with Gasteiger partial charge in [0.15, 0.2) is 5.65 Å². The number of aromatic nitrogens is 4. The Labute approximate surface area is 199 Å². The maximum Gasteiger partial charge on any atom is 0.573 e. The molecule has 0 saturated carbocycles. The summed E-state index contributed by atoms with van der Waals surface area (Å²) in [6.07, 6.45) is -2.65. The zero-order valence-corrected chi connectivity index (χ0v) is 18.4. The van der Waals surface area contributed by atoms with Crippen LogP contribution in [0.15, 0.2) is 48.8 Å². The first kappa shape index (κ1) is 23.9. The third kappa shape index (κ3) is 5.30. The molecule has 1 atom stereocenters. The van der Waals surface area contributed by atoms with Gasteiger partial charge in [0.05, 0.1) is 17.8 Å². The Hall–Kier alpha value is -4.24. The second-order valence-corrected chi connectivity index (χ2v) is 7.67. The number of fused-ring (bicyclic) bond motifs is 1. The largest absolute Gasteiger partial charge is 0.573 e.